The highest BCUT2D eigenvalue weighted by atomic mass is 32.1. The topological polar surface area (TPSA) is 23.6 Å². The third-order valence-electron chi connectivity index (χ3n) is 6.03. The van der Waals surface area contributed by atoms with Crippen LogP contribution in [0.15, 0.2) is 41.8 Å². The molecule has 0 N–H and O–H groups in total. The fraction of sp³-hybridized carbons (Fsp3) is 0.500. The van der Waals surface area contributed by atoms with Crippen molar-refractivity contribution < 1.29 is 9.18 Å². The number of anilines is 1. The van der Waals surface area contributed by atoms with Crippen molar-refractivity contribution in [1.29, 1.82) is 0 Å². The van der Waals surface area contributed by atoms with Gasteiger partial charge < -0.3 is 9.80 Å². The molecule has 1 amide bonds. The normalized spacial score (nSPS) is 24.1. The summed E-state index contributed by atoms with van der Waals surface area (Å²) in [6.45, 7) is 5.34. The number of halogens is 1. The van der Waals surface area contributed by atoms with E-state index in [1.165, 1.54) is 17.0 Å². The second kappa shape index (κ2) is 7.27. The predicted molar refractivity (Wildman–Crippen MR) is 109 cm³/mol. The third-order valence-corrected chi connectivity index (χ3v) is 6.96. The number of nitrogens with zero attached hydrogens (tertiary/aromatic N) is 2. The van der Waals surface area contributed by atoms with Crippen LogP contribution in [-0.2, 0) is 11.2 Å². The van der Waals surface area contributed by atoms with Crippen molar-refractivity contribution in [1.82, 2.24) is 4.90 Å². The summed E-state index contributed by atoms with van der Waals surface area (Å²) in [4.78, 5) is 18.8. The van der Waals surface area contributed by atoms with E-state index in [-0.39, 0.29) is 23.3 Å². The maximum absolute atomic E-state index is 13.4. The molecule has 3 nitrogen and oxygen atoms in total. The van der Waals surface area contributed by atoms with Gasteiger partial charge in [0.25, 0.3) is 0 Å². The molecular weight excluding hydrogens is 359 g/mol. The van der Waals surface area contributed by atoms with E-state index in [9.17, 15) is 9.18 Å². The first-order chi connectivity index (χ1) is 13.0. The molecule has 1 aromatic heterocycles. The maximum atomic E-state index is 13.4. The van der Waals surface area contributed by atoms with Crippen LogP contribution in [0.5, 0.6) is 0 Å². The standard InChI is InChI=1S/C22H27FN2OS/c1-22(2)15-20-19(25(22)17-9-7-16(23)8-10-17)6-3-13-24(20)21(26)12-11-18-5-4-14-27-18/h4-5,7-10,14,19-20H,3,6,11-13,15H2,1-2H3/t19-,20-/m0/s1. The number of thiophene rings is 1. The highest BCUT2D eigenvalue weighted by molar-refractivity contribution is 7.09. The van der Waals surface area contributed by atoms with E-state index < -0.39 is 0 Å². The van der Waals surface area contributed by atoms with Crippen LogP contribution in [0.3, 0.4) is 0 Å². The van der Waals surface area contributed by atoms with Crippen LogP contribution in [0.25, 0.3) is 0 Å². The molecule has 5 heteroatoms. The molecule has 144 valence electrons. The third kappa shape index (κ3) is 3.62. The summed E-state index contributed by atoms with van der Waals surface area (Å²) in [6, 6.07) is 11.5. The Kier molecular flexibility index (Phi) is 4.97. The van der Waals surface area contributed by atoms with Crippen molar-refractivity contribution in [2.45, 2.75) is 63.6 Å². The van der Waals surface area contributed by atoms with Gasteiger partial charge in [-0.1, -0.05) is 6.07 Å². The number of amides is 1. The zero-order valence-electron chi connectivity index (χ0n) is 16.0. The Hall–Kier alpha value is -1.88. The number of likely N-dealkylation sites (tertiary alicyclic amines) is 1. The summed E-state index contributed by atoms with van der Waals surface area (Å²) >= 11 is 1.72. The smallest absolute Gasteiger partial charge is 0.223 e. The second-order valence-electron chi connectivity index (χ2n) is 8.31. The molecule has 0 saturated carbocycles. The van der Waals surface area contributed by atoms with Crippen LogP contribution in [0.1, 0.15) is 44.4 Å². The van der Waals surface area contributed by atoms with E-state index in [1.54, 1.807) is 11.3 Å². The van der Waals surface area contributed by atoms with Crippen LogP contribution in [0, 0.1) is 5.82 Å². The number of carbonyl (C=O) groups excluding carboxylic acids is 1. The van der Waals surface area contributed by atoms with Crippen molar-refractivity contribution in [3.63, 3.8) is 0 Å². The van der Waals surface area contributed by atoms with Crippen LogP contribution in [0.2, 0.25) is 0 Å². The average Bonchev–Trinajstić information content (AvgIpc) is 3.24. The monoisotopic (exact) mass is 386 g/mol. The highest BCUT2D eigenvalue weighted by Crippen LogP contribution is 2.43. The average molecular weight is 387 g/mol. The van der Waals surface area contributed by atoms with Gasteiger partial charge in [-0.25, -0.2) is 4.39 Å². The minimum absolute atomic E-state index is 0.0518. The van der Waals surface area contributed by atoms with Gasteiger partial charge in [-0.3, -0.25) is 4.79 Å². The molecule has 2 atom stereocenters. The Balaban J connectivity index is 1.52. The maximum Gasteiger partial charge on any atom is 0.223 e. The first kappa shape index (κ1) is 18.5. The molecule has 2 saturated heterocycles. The van der Waals surface area contributed by atoms with Crippen molar-refractivity contribution in [2.24, 2.45) is 0 Å². The van der Waals surface area contributed by atoms with Crippen LogP contribution < -0.4 is 4.90 Å². The fourth-order valence-corrected chi connectivity index (χ4v) is 5.63. The Morgan fingerprint density at radius 3 is 2.70 bits per heavy atom. The van der Waals surface area contributed by atoms with Gasteiger partial charge in [0, 0.05) is 29.1 Å². The molecule has 0 aliphatic carbocycles. The molecule has 2 aromatic rings. The molecule has 27 heavy (non-hydrogen) atoms. The van der Waals surface area contributed by atoms with E-state index in [1.807, 2.05) is 18.2 Å². The molecular formula is C22H27FN2OS. The largest absolute Gasteiger partial charge is 0.361 e. The summed E-state index contributed by atoms with van der Waals surface area (Å²) in [7, 11) is 0. The summed E-state index contributed by atoms with van der Waals surface area (Å²) in [5.41, 5.74) is 1.01. The minimum Gasteiger partial charge on any atom is -0.361 e. The Morgan fingerprint density at radius 1 is 1.22 bits per heavy atom. The molecule has 0 spiro atoms. The van der Waals surface area contributed by atoms with E-state index in [4.69, 9.17) is 0 Å². The summed E-state index contributed by atoms with van der Waals surface area (Å²) in [6.07, 6.45) is 4.48. The van der Waals surface area contributed by atoms with E-state index >= 15 is 0 Å². The molecule has 2 aliphatic heterocycles. The van der Waals surface area contributed by atoms with Gasteiger partial charge in [0.05, 0.1) is 12.1 Å². The molecule has 0 radical (unpaired) electrons. The van der Waals surface area contributed by atoms with Crippen LogP contribution in [-0.4, -0.2) is 35.0 Å². The van der Waals surface area contributed by atoms with Crippen molar-refractivity contribution in [3.05, 3.63) is 52.5 Å². The molecule has 3 heterocycles. The Labute approximate surface area is 164 Å². The first-order valence-corrected chi connectivity index (χ1v) is 10.7. The Bertz CT molecular complexity index is 787. The predicted octanol–water partition coefficient (Wildman–Crippen LogP) is 4.87. The molecule has 1 aromatic carbocycles. The number of benzene rings is 1. The fourth-order valence-electron chi connectivity index (χ4n) is 4.92. The number of rotatable bonds is 4. The van der Waals surface area contributed by atoms with Crippen molar-refractivity contribution >= 4 is 22.9 Å². The first-order valence-electron chi connectivity index (χ1n) is 9.82. The second-order valence-corrected chi connectivity index (χ2v) is 9.34. The Morgan fingerprint density at radius 2 is 2.00 bits per heavy atom. The number of piperidine rings is 1. The SMILES string of the molecule is CC1(C)C[C@H]2[C@H](CCCN2C(=O)CCc2cccs2)N1c1ccc(F)cc1. The summed E-state index contributed by atoms with van der Waals surface area (Å²) in [5.74, 6) is 0.0659. The minimum atomic E-state index is -0.207. The number of carbonyl (C=O) groups is 1. The van der Waals surface area contributed by atoms with E-state index in [2.05, 4.69) is 35.1 Å². The van der Waals surface area contributed by atoms with Gasteiger partial charge in [0.15, 0.2) is 0 Å². The summed E-state index contributed by atoms with van der Waals surface area (Å²) < 4.78 is 13.4. The molecule has 2 fully saturated rings. The van der Waals surface area contributed by atoms with Gasteiger partial charge in [-0.15, -0.1) is 11.3 Å². The molecule has 2 aliphatic rings. The molecule has 4 rings (SSSR count). The van der Waals surface area contributed by atoms with Gasteiger partial charge >= 0.3 is 0 Å². The zero-order valence-corrected chi connectivity index (χ0v) is 16.8. The van der Waals surface area contributed by atoms with E-state index in [0.717, 1.165) is 37.9 Å². The van der Waals surface area contributed by atoms with Crippen molar-refractivity contribution in [3.8, 4) is 0 Å². The van der Waals surface area contributed by atoms with Gasteiger partial charge in [0.1, 0.15) is 5.82 Å². The van der Waals surface area contributed by atoms with Crippen LogP contribution in [0.4, 0.5) is 10.1 Å². The molecule has 0 unspecified atom stereocenters. The number of aryl methyl sites for hydroxylation is 1. The lowest BCUT2D eigenvalue weighted by Crippen LogP contribution is -2.52. The zero-order chi connectivity index (χ0) is 19.0. The number of hydrogen-bond acceptors (Lipinski definition) is 3. The van der Waals surface area contributed by atoms with Gasteiger partial charge in [-0.05, 0) is 75.2 Å². The number of fused-ring (bicyclic) bond motifs is 1. The van der Waals surface area contributed by atoms with Crippen molar-refractivity contribution in [2.75, 3.05) is 11.4 Å². The lowest BCUT2D eigenvalue weighted by molar-refractivity contribution is -0.134. The van der Waals surface area contributed by atoms with Crippen LogP contribution >= 0.6 is 11.3 Å². The van der Waals surface area contributed by atoms with Gasteiger partial charge in [0.2, 0.25) is 5.91 Å². The molecule has 0 bridgehead atoms. The number of hydrogen-bond donors (Lipinski definition) is 0. The summed E-state index contributed by atoms with van der Waals surface area (Å²) in [5, 5.41) is 2.07. The van der Waals surface area contributed by atoms with Gasteiger partial charge in [-0.2, -0.15) is 0 Å². The quantitative estimate of drug-likeness (QED) is 0.749. The van der Waals surface area contributed by atoms with E-state index in [0.29, 0.717) is 12.5 Å². The highest BCUT2D eigenvalue weighted by Gasteiger charge is 2.50. The lowest BCUT2D eigenvalue weighted by atomic mass is 9.93. The lowest BCUT2D eigenvalue weighted by Gasteiger charge is -2.42.